The third-order valence-corrected chi connectivity index (χ3v) is 13.2. The Hall–Kier alpha value is -1.04. The summed E-state index contributed by atoms with van der Waals surface area (Å²) in [5, 5.41) is 4.45. The van der Waals surface area contributed by atoms with Crippen LogP contribution >= 0.6 is 0 Å². The molecule has 0 radical (unpaired) electrons. The van der Waals surface area contributed by atoms with Gasteiger partial charge in [0.25, 0.3) is 0 Å². The van der Waals surface area contributed by atoms with Crippen molar-refractivity contribution < 1.29 is 0 Å². The van der Waals surface area contributed by atoms with Crippen LogP contribution in [0.5, 0.6) is 0 Å². The molecule has 1 N–H and O–H groups in total. The van der Waals surface area contributed by atoms with Crippen LogP contribution in [0.3, 0.4) is 0 Å². The number of unbranched alkanes of at least 4 members (excludes halogenated alkanes) is 1. The van der Waals surface area contributed by atoms with Gasteiger partial charge >= 0.3 is 0 Å². The second kappa shape index (κ2) is 16.3. The van der Waals surface area contributed by atoms with Gasteiger partial charge in [-0.15, -0.1) is 5.73 Å². The Morgan fingerprint density at radius 2 is 1.52 bits per heavy atom. The molecule has 0 amide bonds. The first-order valence-corrected chi connectivity index (χ1v) is 19.2. The first-order valence-electron chi connectivity index (χ1n) is 19.2. The predicted octanol–water partition coefficient (Wildman–Crippen LogP) is 12.0. The first kappa shape index (κ1) is 32.4. The SMILES string of the molecule is C=C=C(C[C@H](N[C@H](CC)[C@H]1CC[C@@H]([C@H](CC)CCCC)CC1)[C@H]1CCC2=C(CCCC2)C1)C1=CC[C@@H]2CCCC[C@@H]2C1. The number of nitrogens with one attached hydrogen (secondary N) is 1. The lowest BCUT2D eigenvalue weighted by Crippen LogP contribution is -2.48. The number of hydrogen-bond donors (Lipinski definition) is 1. The zero-order valence-corrected chi connectivity index (χ0v) is 28.2. The Labute approximate surface area is 261 Å². The molecule has 0 aromatic heterocycles. The fourth-order valence-corrected chi connectivity index (χ4v) is 10.5. The van der Waals surface area contributed by atoms with Crippen molar-refractivity contribution in [3.8, 4) is 0 Å². The van der Waals surface area contributed by atoms with Crippen LogP contribution in [0.25, 0.3) is 0 Å². The molecule has 6 atom stereocenters. The molecule has 42 heavy (non-hydrogen) atoms. The molecule has 1 nitrogen and oxygen atoms in total. The summed E-state index contributed by atoms with van der Waals surface area (Å²) < 4.78 is 0. The lowest BCUT2D eigenvalue weighted by molar-refractivity contribution is 0.148. The lowest BCUT2D eigenvalue weighted by Gasteiger charge is -2.42. The monoisotopic (exact) mass is 574 g/mol. The molecule has 0 unspecified atom stereocenters. The largest absolute Gasteiger partial charge is 0.310 e. The van der Waals surface area contributed by atoms with Crippen molar-refractivity contribution in [2.75, 3.05) is 0 Å². The molecular weight excluding hydrogens is 506 g/mol. The van der Waals surface area contributed by atoms with E-state index in [1.807, 2.05) is 11.1 Å². The van der Waals surface area contributed by atoms with E-state index in [1.165, 1.54) is 147 Å². The zero-order valence-electron chi connectivity index (χ0n) is 28.2. The van der Waals surface area contributed by atoms with Gasteiger partial charge in [-0.05, 0) is 156 Å². The maximum Gasteiger partial charge on any atom is 0.0148 e. The maximum absolute atomic E-state index is 4.45. The minimum absolute atomic E-state index is 0.575. The van der Waals surface area contributed by atoms with E-state index in [-0.39, 0.29) is 0 Å². The van der Waals surface area contributed by atoms with Crippen LogP contribution in [0, 0.1) is 35.5 Å². The van der Waals surface area contributed by atoms with Crippen molar-refractivity contribution in [3.05, 3.63) is 40.7 Å². The minimum Gasteiger partial charge on any atom is -0.310 e. The van der Waals surface area contributed by atoms with Crippen molar-refractivity contribution in [3.63, 3.8) is 0 Å². The van der Waals surface area contributed by atoms with E-state index in [9.17, 15) is 0 Å². The van der Waals surface area contributed by atoms with E-state index >= 15 is 0 Å². The highest BCUT2D eigenvalue weighted by Gasteiger charge is 2.36. The normalized spacial score (nSPS) is 32.2. The van der Waals surface area contributed by atoms with Gasteiger partial charge in [-0.1, -0.05) is 83.1 Å². The predicted molar refractivity (Wildman–Crippen MR) is 183 cm³/mol. The van der Waals surface area contributed by atoms with E-state index < -0.39 is 0 Å². The molecule has 0 spiro atoms. The Kier molecular flexibility index (Phi) is 12.6. The Morgan fingerprint density at radius 1 is 0.786 bits per heavy atom. The van der Waals surface area contributed by atoms with E-state index in [0.717, 1.165) is 41.9 Å². The molecule has 1 heteroatoms. The fraction of sp³-hybridized carbons (Fsp3) is 0.829. The molecule has 0 bridgehead atoms. The molecule has 5 rings (SSSR count). The Morgan fingerprint density at radius 3 is 2.24 bits per heavy atom. The molecular formula is C41H67N. The van der Waals surface area contributed by atoms with Gasteiger partial charge in [0, 0.05) is 12.1 Å². The quantitative estimate of drug-likeness (QED) is 0.171. The first-order chi connectivity index (χ1) is 20.6. The van der Waals surface area contributed by atoms with Gasteiger partial charge in [-0.3, -0.25) is 0 Å². The van der Waals surface area contributed by atoms with Crippen molar-refractivity contribution in [1.82, 2.24) is 5.32 Å². The average molecular weight is 574 g/mol. The summed E-state index contributed by atoms with van der Waals surface area (Å²) in [6, 6.07) is 1.24. The summed E-state index contributed by atoms with van der Waals surface area (Å²) in [6.07, 6.45) is 34.7. The summed E-state index contributed by atoms with van der Waals surface area (Å²) in [6.45, 7) is 11.6. The van der Waals surface area contributed by atoms with Crippen molar-refractivity contribution in [2.45, 2.75) is 181 Å². The van der Waals surface area contributed by atoms with Gasteiger partial charge in [0.1, 0.15) is 0 Å². The number of hydrogen-bond acceptors (Lipinski definition) is 1. The third kappa shape index (κ3) is 8.16. The second-order valence-electron chi connectivity index (χ2n) is 15.5. The second-order valence-corrected chi connectivity index (χ2v) is 15.5. The number of allylic oxidation sites excluding steroid dienone is 4. The van der Waals surface area contributed by atoms with Crippen molar-refractivity contribution in [1.29, 1.82) is 0 Å². The molecule has 2 saturated carbocycles. The average Bonchev–Trinajstić information content (AvgIpc) is 3.05. The van der Waals surface area contributed by atoms with Crippen molar-refractivity contribution in [2.24, 2.45) is 35.5 Å². The van der Waals surface area contributed by atoms with Crippen LogP contribution < -0.4 is 5.32 Å². The molecule has 0 heterocycles. The highest BCUT2D eigenvalue weighted by atomic mass is 15.0. The number of fused-ring (bicyclic) bond motifs is 1. The van der Waals surface area contributed by atoms with E-state index in [2.05, 4.69) is 44.5 Å². The van der Waals surface area contributed by atoms with Crippen LogP contribution in [0.4, 0.5) is 0 Å². The molecule has 0 aromatic rings. The van der Waals surface area contributed by atoms with Crippen LogP contribution in [0.2, 0.25) is 0 Å². The molecule has 5 aliphatic carbocycles. The van der Waals surface area contributed by atoms with Crippen LogP contribution in [0.1, 0.15) is 168 Å². The Balaban J connectivity index is 1.28. The molecule has 236 valence electrons. The molecule has 0 aromatic carbocycles. The van der Waals surface area contributed by atoms with Gasteiger partial charge in [0.15, 0.2) is 0 Å². The Bertz CT molecular complexity index is 953. The standard InChI is InChI=1S/C41H67N/c1-5-9-14-30(6-2)34-19-23-35(24-20-34)40(8-4)42-41(39-26-22-33-16-11-13-18-37(33)28-39)29-31(7-3)38-25-21-32-15-10-12-17-36(32)27-38/h25,30,32,34-36,39-42H,3,5-6,8-24,26-29H2,1-2,4H3/t30-,32+,34-,35+,36-,39+,40-,41+/m1/s1. The van der Waals surface area contributed by atoms with E-state index in [0.29, 0.717) is 12.1 Å². The highest BCUT2D eigenvalue weighted by Crippen LogP contribution is 2.45. The summed E-state index contributed by atoms with van der Waals surface area (Å²) in [4.78, 5) is 0. The fourth-order valence-electron chi connectivity index (χ4n) is 10.5. The zero-order chi connectivity index (χ0) is 29.3. The molecule has 0 saturated heterocycles. The lowest BCUT2D eigenvalue weighted by atomic mass is 9.69. The van der Waals surface area contributed by atoms with Gasteiger partial charge in [-0.25, -0.2) is 0 Å². The third-order valence-electron chi connectivity index (χ3n) is 13.2. The van der Waals surface area contributed by atoms with Gasteiger partial charge in [0.2, 0.25) is 0 Å². The van der Waals surface area contributed by atoms with E-state index in [1.54, 1.807) is 5.57 Å². The number of rotatable bonds is 13. The minimum atomic E-state index is 0.575. The maximum atomic E-state index is 4.45. The highest BCUT2D eigenvalue weighted by molar-refractivity contribution is 5.33. The summed E-state index contributed by atoms with van der Waals surface area (Å²) in [5.74, 6) is 5.46. The smallest absolute Gasteiger partial charge is 0.0148 e. The molecule has 2 fully saturated rings. The summed E-state index contributed by atoms with van der Waals surface area (Å²) in [5.41, 5.74) is 10.4. The van der Waals surface area contributed by atoms with Gasteiger partial charge in [0.05, 0.1) is 0 Å². The van der Waals surface area contributed by atoms with Crippen LogP contribution in [-0.2, 0) is 0 Å². The van der Waals surface area contributed by atoms with Crippen LogP contribution in [-0.4, -0.2) is 12.1 Å². The summed E-state index contributed by atoms with van der Waals surface area (Å²) >= 11 is 0. The van der Waals surface area contributed by atoms with E-state index in [4.69, 9.17) is 0 Å². The van der Waals surface area contributed by atoms with Crippen molar-refractivity contribution >= 4 is 0 Å². The molecule has 5 aliphatic rings. The van der Waals surface area contributed by atoms with Gasteiger partial charge < -0.3 is 5.32 Å². The van der Waals surface area contributed by atoms with Gasteiger partial charge in [-0.2, -0.15) is 0 Å². The molecule has 0 aliphatic heterocycles. The van der Waals surface area contributed by atoms with Crippen LogP contribution in [0.15, 0.2) is 40.7 Å². The summed E-state index contributed by atoms with van der Waals surface area (Å²) in [7, 11) is 0. The topological polar surface area (TPSA) is 12.0 Å².